The summed E-state index contributed by atoms with van der Waals surface area (Å²) in [5.74, 6) is 0.635. The molecule has 5 heteroatoms. The van der Waals surface area contributed by atoms with Gasteiger partial charge in [0.2, 0.25) is 5.95 Å². The molecule has 3 N–H and O–H groups in total. The van der Waals surface area contributed by atoms with Crippen LogP contribution in [0.15, 0.2) is 6.07 Å². The molecule has 1 aromatic rings. The maximum absolute atomic E-state index is 4.27. The smallest absolute Gasteiger partial charge is 0.225 e. The first-order valence-corrected chi connectivity index (χ1v) is 4.59. The average molecular weight is 195 g/mol. The Kier molecular flexibility index (Phi) is 3.79. The Labute approximate surface area is 84.3 Å². The van der Waals surface area contributed by atoms with Crippen LogP contribution in [0.5, 0.6) is 0 Å². The number of hydrogen-bond donors (Lipinski definition) is 3. The molecule has 1 rings (SSSR count). The number of anilines is 1. The van der Waals surface area contributed by atoms with Crippen LogP contribution < -0.4 is 16.0 Å². The van der Waals surface area contributed by atoms with Gasteiger partial charge in [-0.25, -0.2) is 9.97 Å². The summed E-state index contributed by atoms with van der Waals surface area (Å²) >= 11 is 0. The van der Waals surface area contributed by atoms with Crippen molar-refractivity contribution in [1.29, 1.82) is 0 Å². The van der Waals surface area contributed by atoms with Gasteiger partial charge in [-0.05, 0) is 34.0 Å². The van der Waals surface area contributed by atoms with Gasteiger partial charge >= 0.3 is 0 Å². The van der Waals surface area contributed by atoms with Gasteiger partial charge in [0.1, 0.15) is 6.29 Å². The first-order chi connectivity index (χ1) is 6.65. The zero-order valence-corrected chi connectivity index (χ0v) is 9.05. The second-order valence-electron chi connectivity index (χ2n) is 3.13. The van der Waals surface area contributed by atoms with Crippen molar-refractivity contribution in [1.82, 2.24) is 20.6 Å². The van der Waals surface area contributed by atoms with E-state index in [2.05, 4.69) is 25.9 Å². The lowest BCUT2D eigenvalue weighted by molar-refractivity contribution is 0.545. The predicted molar refractivity (Wildman–Crippen MR) is 57.0 cm³/mol. The molecule has 0 aliphatic heterocycles. The lowest BCUT2D eigenvalue weighted by Crippen LogP contribution is -2.44. The molecule has 0 spiro atoms. The van der Waals surface area contributed by atoms with Gasteiger partial charge in [-0.3, -0.25) is 10.6 Å². The first-order valence-electron chi connectivity index (χ1n) is 4.59. The number of aromatic nitrogens is 2. The third-order valence-corrected chi connectivity index (χ3v) is 1.83. The minimum Gasteiger partial charge on any atom is -0.326 e. The molecule has 14 heavy (non-hydrogen) atoms. The summed E-state index contributed by atoms with van der Waals surface area (Å²) in [6, 6.07) is 1.94. The zero-order valence-electron chi connectivity index (χ0n) is 9.05. The third kappa shape index (κ3) is 2.93. The maximum Gasteiger partial charge on any atom is 0.225 e. The molecule has 0 atom stereocenters. The van der Waals surface area contributed by atoms with Crippen LogP contribution in [0.4, 0.5) is 5.95 Å². The summed E-state index contributed by atoms with van der Waals surface area (Å²) in [7, 11) is 3.72. The van der Waals surface area contributed by atoms with Crippen molar-refractivity contribution >= 4 is 5.95 Å². The highest BCUT2D eigenvalue weighted by Crippen LogP contribution is 2.03. The van der Waals surface area contributed by atoms with Gasteiger partial charge in [-0.2, -0.15) is 0 Å². The van der Waals surface area contributed by atoms with E-state index in [0.29, 0.717) is 5.95 Å². The van der Waals surface area contributed by atoms with Crippen molar-refractivity contribution in [2.45, 2.75) is 20.1 Å². The van der Waals surface area contributed by atoms with Crippen molar-refractivity contribution in [3.05, 3.63) is 17.5 Å². The van der Waals surface area contributed by atoms with E-state index in [0.717, 1.165) is 11.4 Å². The van der Waals surface area contributed by atoms with Gasteiger partial charge in [-0.1, -0.05) is 0 Å². The normalized spacial score (nSPS) is 10.6. The summed E-state index contributed by atoms with van der Waals surface area (Å²) in [6.45, 7) is 3.90. The summed E-state index contributed by atoms with van der Waals surface area (Å²) in [5.41, 5.74) is 1.93. The van der Waals surface area contributed by atoms with Crippen molar-refractivity contribution in [2.75, 3.05) is 19.4 Å². The lowest BCUT2D eigenvalue weighted by Gasteiger charge is -2.17. The van der Waals surface area contributed by atoms with Crippen molar-refractivity contribution in [3.63, 3.8) is 0 Å². The van der Waals surface area contributed by atoms with Gasteiger partial charge in [0.25, 0.3) is 0 Å². The number of aryl methyl sites for hydroxylation is 2. The maximum atomic E-state index is 4.27. The average Bonchev–Trinajstić information content (AvgIpc) is 2.12. The summed E-state index contributed by atoms with van der Waals surface area (Å²) < 4.78 is 0. The third-order valence-electron chi connectivity index (χ3n) is 1.83. The van der Waals surface area contributed by atoms with Gasteiger partial charge in [0.15, 0.2) is 0 Å². The van der Waals surface area contributed by atoms with E-state index in [-0.39, 0.29) is 6.29 Å². The van der Waals surface area contributed by atoms with Gasteiger partial charge in [0, 0.05) is 11.4 Å². The Morgan fingerprint density at radius 1 is 1.07 bits per heavy atom. The van der Waals surface area contributed by atoms with E-state index in [1.807, 2.05) is 34.0 Å². The quantitative estimate of drug-likeness (QED) is 0.600. The fraction of sp³-hybridized carbons (Fsp3) is 0.556. The van der Waals surface area contributed by atoms with E-state index in [1.165, 1.54) is 0 Å². The van der Waals surface area contributed by atoms with Gasteiger partial charge in [0.05, 0.1) is 0 Å². The molecule has 0 bridgehead atoms. The van der Waals surface area contributed by atoms with E-state index >= 15 is 0 Å². The van der Waals surface area contributed by atoms with Crippen LogP contribution in [0.25, 0.3) is 0 Å². The van der Waals surface area contributed by atoms with E-state index in [4.69, 9.17) is 0 Å². The van der Waals surface area contributed by atoms with Crippen molar-refractivity contribution in [3.8, 4) is 0 Å². The summed E-state index contributed by atoms with van der Waals surface area (Å²) in [6.07, 6.45) is -0.0174. The molecule has 78 valence electrons. The minimum absolute atomic E-state index is 0.0174. The van der Waals surface area contributed by atoms with E-state index < -0.39 is 0 Å². The highest BCUT2D eigenvalue weighted by molar-refractivity contribution is 5.28. The fourth-order valence-electron chi connectivity index (χ4n) is 1.21. The lowest BCUT2D eigenvalue weighted by atomic mass is 10.4. The Morgan fingerprint density at radius 2 is 1.57 bits per heavy atom. The Morgan fingerprint density at radius 3 is 2.00 bits per heavy atom. The second kappa shape index (κ2) is 4.88. The Hall–Kier alpha value is -1.20. The van der Waals surface area contributed by atoms with E-state index in [9.17, 15) is 0 Å². The molecule has 0 fully saturated rings. The second-order valence-corrected chi connectivity index (χ2v) is 3.13. The monoisotopic (exact) mass is 195 g/mol. The first kappa shape index (κ1) is 10.9. The predicted octanol–water partition coefficient (Wildman–Crippen LogP) is 0.228. The van der Waals surface area contributed by atoms with Crippen molar-refractivity contribution < 1.29 is 0 Å². The molecule has 1 aromatic heterocycles. The molecule has 0 saturated heterocycles. The molecule has 0 radical (unpaired) electrons. The van der Waals surface area contributed by atoms with Crippen LogP contribution in [-0.4, -0.2) is 30.4 Å². The van der Waals surface area contributed by atoms with Gasteiger partial charge < -0.3 is 5.32 Å². The zero-order chi connectivity index (χ0) is 10.6. The number of nitrogens with one attached hydrogen (secondary N) is 3. The minimum atomic E-state index is -0.0174. The van der Waals surface area contributed by atoms with Crippen LogP contribution in [0.1, 0.15) is 11.4 Å². The number of nitrogens with zero attached hydrogens (tertiary/aromatic N) is 2. The number of rotatable bonds is 4. The fourth-order valence-corrected chi connectivity index (χ4v) is 1.21. The molecule has 0 aliphatic carbocycles. The Balaban J connectivity index is 2.75. The van der Waals surface area contributed by atoms with Gasteiger partial charge in [-0.15, -0.1) is 0 Å². The molecule has 5 nitrogen and oxygen atoms in total. The highest BCUT2D eigenvalue weighted by atomic mass is 15.3. The Bertz CT molecular complexity index is 275. The van der Waals surface area contributed by atoms with Crippen LogP contribution in [0.2, 0.25) is 0 Å². The molecule has 0 saturated carbocycles. The highest BCUT2D eigenvalue weighted by Gasteiger charge is 2.04. The molecule has 0 aromatic carbocycles. The largest absolute Gasteiger partial charge is 0.326 e. The van der Waals surface area contributed by atoms with Crippen LogP contribution in [0.3, 0.4) is 0 Å². The molecule has 0 amide bonds. The standard InChI is InChI=1S/C9H17N5/c1-6-5-7(2)13-9(12-6)14-8(10-3)11-4/h5,8,10-11H,1-4H3,(H,12,13,14). The topological polar surface area (TPSA) is 61.9 Å². The molecular formula is C9H17N5. The summed E-state index contributed by atoms with van der Waals surface area (Å²) in [5, 5.41) is 9.19. The molecule has 1 heterocycles. The number of hydrogen-bond acceptors (Lipinski definition) is 5. The molecule has 0 unspecified atom stereocenters. The van der Waals surface area contributed by atoms with Crippen LogP contribution in [0, 0.1) is 13.8 Å². The summed E-state index contributed by atoms with van der Waals surface area (Å²) in [4.78, 5) is 8.54. The van der Waals surface area contributed by atoms with Crippen LogP contribution >= 0.6 is 0 Å². The van der Waals surface area contributed by atoms with E-state index in [1.54, 1.807) is 0 Å². The molecular weight excluding hydrogens is 178 g/mol. The van der Waals surface area contributed by atoms with Crippen molar-refractivity contribution in [2.24, 2.45) is 0 Å². The SMILES string of the molecule is CNC(NC)Nc1nc(C)cc(C)n1. The van der Waals surface area contributed by atoms with Crippen LogP contribution in [-0.2, 0) is 0 Å². The molecule has 0 aliphatic rings.